The second-order valence-electron chi connectivity index (χ2n) is 7.33. The largest absolute Gasteiger partial charge is 0.336 e. The van der Waals surface area contributed by atoms with Crippen LogP contribution in [-0.4, -0.2) is 31.8 Å². The molecule has 3 aromatic heterocycles. The molecule has 2 aromatic carbocycles. The smallest absolute Gasteiger partial charge is 0.221 e. The van der Waals surface area contributed by atoms with Gasteiger partial charge in [0.25, 0.3) is 0 Å². The van der Waals surface area contributed by atoms with Gasteiger partial charge in [0.05, 0.1) is 20.9 Å². The van der Waals surface area contributed by atoms with Crippen molar-refractivity contribution in [2.24, 2.45) is 0 Å². The number of fused-ring (bicyclic) bond motifs is 1. The molecule has 0 unspecified atom stereocenters. The Bertz CT molecular complexity index is 1640. The number of thiazole rings is 1. The van der Waals surface area contributed by atoms with Crippen LogP contribution in [0.3, 0.4) is 0 Å². The highest BCUT2D eigenvalue weighted by Gasteiger charge is 2.24. The molecule has 0 aliphatic rings. The minimum Gasteiger partial charge on any atom is -0.336 e. The van der Waals surface area contributed by atoms with E-state index in [1.807, 2.05) is 12.1 Å². The van der Waals surface area contributed by atoms with Crippen LogP contribution >= 0.6 is 11.3 Å². The number of nitrogens with zero attached hydrogens (tertiary/aromatic N) is 2. The maximum atomic E-state index is 13.0. The molecule has 0 bridgehead atoms. The number of sulfone groups is 2. The van der Waals surface area contributed by atoms with Crippen molar-refractivity contribution < 1.29 is 16.8 Å². The van der Waals surface area contributed by atoms with Crippen LogP contribution < -0.4 is 0 Å². The molecule has 0 aliphatic heterocycles. The minimum absolute atomic E-state index is 0.0922. The molecule has 10 heteroatoms. The molecule has 0 spiro atoms. The van der Waals surface area contributed by atoms with Gasteiger partial charge in [-0.15, -0.1) is 11.3 Å². The number of hydrogen-bond acceptors (Lipinski definition) is 7. The van der Waals surface area contributed by atoms with Gasteiger partial charge in [-0.05, 0) is 42.0 Å². The lowest BCUT2D eigenvalue weighted by molar-refractivity contribution is 0.588. The Morgan fingerprint density at radius 3 is 2.42 bits per heavy atom. The van der Waals surface area contributed by atoms with Gasteiger partial charge in [0.1, 0.15) is 15.1 Å². The highest BCUT2D eigenvalue weighted by Crippen LogP contribution is 2.31. The summed E-state index contributed by atoms with van der Waals surface area (Å²) in [6, 6.07) is 19.4. The van der Waals surface area contributed by atoms with Crippen LogP contribution in [-0.2, 0) is 25.4 Å². The van der Waals surface area contributed by atoms with Crippen molar-refractivity contribution in [3.63, 3.8) is 0 Å². The van der Waals surface area contributed by atoms with Gasteiger partial charge < -0.3 is 4.98 Å². The highest BCUT2D eigenvalue weighted by molar-refractivity contribution is 7.91. The van der Waals surface area contributed by atoms with Gasteiger partial charge in [-0.3, -0.25) is 4.98 Å². The predicted molar refractivity (Wildman–Crippen MR) is 126 cm³/mol. The summed E-state index contributed by atoms with van der Waals surface area (Å²) >= 11 is 1.48. The summed E-state index contributed by atoms with van der Waals surface area (Å²) in [4.78, 5) is 11.4. The molecular weight excluding hydrogens is 478 g/mol. The standard InChI is InChI=1S/C23H17N3O4S3/c27-32(28,21-9-10-22(26-21)33(29,30)18-7-2-1-3-8-18)15-16-5-4-6-17(13-16)23-25-19-11-12-24-14-20(19)31-23/h1-14,26H,15H2. The summed E-state index contributed by atoms with van der Waals surface area (Å²) in [6.07, 6.45) is 3.43. The SMILES string of the molecule is O=S(=O)(Cc1cccc(-c2nc3ccncc3s2)c1)c1ccc(S(=O)(=O)c2ccccc2)[nH]1. The first-order chi connectivity index (χ1) is 15.8. The van der Waals surface area contributed by atoms with Gasteiger partial charge >= 0.3 is 0 Å². The third-order valence-electron chi connectivity index (χ3n) is 5.03. The van der Waals surface area contributed by atoms with E-state index < -0.39 is 19.7 Å². The van der Waals surface area contributed by atoms with Crippen LogP contribution in [0.4, 0.5) is 0 Å². The number of aromatic amines is 1. The van der Waals surface area contributed by atoms with E-state index in [4.69, 9.17) is 0 Å². The molecule has 1 N–H and O–H groups in total. The number of hydrogen-bond donors (Lipinski definition) is 1. The summed E-state index contributed by atoms with van der Waals surface area (Å²) in [6.45, 7) is 0. The van der Waals surface area contributed by atoms with Crippen LogP contribution in [0.5, 0.6) is 0 Å². The van der Waals surface area contributed by atoms with Gasteiger partial charge in [-0.25, -0.2) is 21.8 Å². The summed E-state index contributed by atoms with van der Waals surface area (Å²) in [5.41, 5.74) is 2.22. The Kier molecular flexibility index (Phi) is 5.35. The Labute approximate surface area is 194 Å². The van der Waals surface area contributed by atoms with Gasteiger partial charge in [-0.1, -0.05) is 36.4 Å². The second-order valence-corrected chi connectivity index (χ2v) is 12.2. The number of aromatic nitrogens is 3. The molecule has 33 heavy (non-hydrogen) atoms. The van der Waals surface area contributed by atoms with Gasteiger partial charge in [0.2, 0.25) is 9.84 Å². The quantitative estimate of drug-likeness (QED) is 0.372. The van der Waals surface area contributed by atoms with E-state index in [1.165, 1.54) is 35.6 Å². The average molecular weight is 496 g/mol. The fraction of sp³-hybridized carbons (Fsp3) is 0.0435. The van der Waals surface area contributed by atoms with Crippen molar-refractivity contribution in [2.75, 3.05) is 0 Å². The van der Waals surface area contributed by atoms with Gasteiger partial charge in [0, 0.05) is 18.0 Å². The summed E-state index contributed by atoms with van der Waals surface area (Å²) in [7, 11) is -7.64. The van der Waals surface area contributed by atoms with E-state index in [2.05, 4.69) is 15.0 Å². The topological polar surface area (TPSA) is 110 Å². The highest BCUT2D eigenvalue weighted by atomic mass is 32.2. The first-order valence-electron chi connectivity index (χ1n) is 9.85. The molecule has 166 valence electrons. The molecule has 3 heterocycles. The first-order valence-corrected chi connectivity index (χ1v) is 13.8. The molecule has 0 radical (unpaired) electrons. The van der Waals surface area contributed by atoms with E-state index in [0.717, 1.165) is 20.8 Å². The van der Waals surface area contributed by atoms with Crippen molar-refractivity contribution >= 4 is 41.2 Å². The maximum Gasteiger partial charge on any atom is 0.221 e. The Hall–Kier alpha value is -3.34. The number of rotatable bonds is 6. The van der Waals surface area contributed by atoms with E-state index >= 15 is 0 Å². The van der Waals surface area contributed by atoms with E-state index in [9.17, 15) is 16.8 Å². The molecule has 5 aromatic rings. The summed E-state index contributed by atoms with van der Waals surface area (Å²) < 4.78 is 52.5. The normalized spacial score (nSPS) is 12.2. The van der Waals surface area contributed by atoms with Crippen molar-refractivity contribution in [1.82, 2.24) is 15.0 Å². The van der Waals surface area contributed by atoms with Gasteiger partial charge in [-0.2, -0.15) is 0 Å². The fourth-order valence-electron chi connectivity index (χ4n) is 3.42. The molecule has 0 aliphatic carbocycles. The minimum atomic E-state index is -3.84. The van der Waals surface area contributed by atoms with Gasteiger partial charge in [0.15, 0.2) is 9.84 Å². The second kappa shape index (κ2) is 8.22. The van der Waals surface area contributed by atoms with Crippen LogP contribution in [0.1, 0.15) is 5.56 Å². The van der Waals surface area contributed by atoms with Crippen LogP contribution in [0.2, 0.25) is 0 Å². The van der Waals surface area contributed by atoms with Crippen LogP contribution in [0, 0.1) is 0 Å². The van der Waals surface area contributed by atoms with Crippen LogP contribution in [0.25, 0.3) is 20.8 Å². The molecule has 0 saturated carbocycles. The lowest BCUT2D eigenvalue weighted by Crippen LogP contribution is -2.07. The van der Waals surface area contributed by atoms with Crippen LogP contribution in [0.15, 0.2) is 100 Å². The zero-order valence-electron chi connectivity index (χ0n) is 17.0. The number of benzene rings is 2. The van der Waals surface area contributed by atoms with Crippen molar-refractivity contribution in [3.8, 4) is 10.6 Å². The zero-order valence-corrected chi connectivity index (χ0v) is 19.5. The third-order valence-corrected chi connectivity index (χ3v) is 9.42. The Balaban J connectivity index is 1.43. The van der Waals surface area contributed by atoms with Crippen molar-refractivity contribution in [2.45, 2.75) is 20.7 Å². The fourth-order valence-corrected chi connectivity index (χ4v) is 6.98. The molecule has 0 atom stereocenters. The lowest BCUT2D eigenvalue weighted by Gasteiger charge is -2.05. The van der Waals surface area contributed by atoms with Crippen molar-refractivity contribution in [3.05, 3.63) is 90.8 Å². The average Bonchev–Trinajstić information content (AvgIpc) is 3.48. The lowest BCUT2D eigenvalue weighted by atomic mass is 10.1. The number of nitrogens with one attached hydrogen (secondary N) is 1. The molecular formula is C23H17N3O4S3. The molecule has 0 saturated heterocycles. The zero-order chi connectivity index (χ0) is 23.1. The van der Waals surface area contributed by atoms with E-state index in [-0.39, 0.29) is 20.7 Å². The first kappa shape index (κ1) is 21.5. The summed E-state index contributed by atoms with van der Waals surface area (Å²) in [5, 5.41) is 0.464. The molecule has 5 rings (SSSR count). The van der Waals surface area contributed by atoms with Crippen molar-refractivity contribution in [1.29, 1.82) is 0 Å². The Morgan fingerprint density at radius 1 is 0.848 bits per heavy atom. The molecule has 0 amide bonds. The van der Waals surface area contributed by atoms with E-state index in [0.29, 0.717) is 5.56 Å². The monoisotopic (exact) mass is 495 g/mol. The maximum absolute atomic E-state index is 13.0. The number of H-pyrrole nitrogens is 1. The number of pyridine rings is 1. The molecule has 7 nitrogen and oxygen atoms in total. The third kappa shape index (κ3) is 4.20. The molecule has 0 fully saturated rings. The predicted octanol–water partition coefficient (Wildman–Crippen LogP) is 4.49. The Morgan fingerprint density at radius 2 is 1.64 bits per heavy atom. The summed E-state index contributed by atoms with van der Waals surface area (Å²) in [5.74, 6) is -0.279. The van der Waals surface area contributed by atoms with E-state index in [1.54, 1.807) is 48.8 Å².